The van der Waals surface area contributed by atoms with Gasteiger partial charge in [-0.15, -0.1) is 0 Å². The van der Waals surface area contributed by atoms with Crippen molar-refractivity contribution in [3.05, 3.63) is 58.7 Å². The third-order valence-corrected chi connectivity index (χ3v) is 5.83. The fourth-order valence-corrected chi connectivity index (χ4v) is 3.83. The zero-order valence-corrected chi connectivity index (χ0v) is 17.5. The second-order valence-corrected chi connectivity index (χ2v) is 7.85. The molecule has 3 aromatic rings. The van der Waals surface area contributed by atoms with Crippen molar-refractivity contribution in [3.8, 4) is 0 Å². The van der Waals surface area contributed by atoms with Gasteiger partial charge >= 0.3 is 0 Å². The summed E-state index contributed by atoms with van der Waals surface area (Å²) in [6.07, 6.45) is 11.0. The van der Waals surface area contributed by atoms with E-state index in [1.54, 1.807) is 0 Å². The zero-order chi connectivity index (χ0) is 19.1. The zero-order valence-electron chi connectivity index (χ0n) is 16.0. The highest BCUT2D eigenvalue weighted by atomic mass is 35.5. The lowest BCUT2D eigenvalue weighted by molar-refractivity contribution is -0.686. The predicted molar refractivity (Wildman–Crippen MR) is 113 cm³/mol. The molecule has 2 heterocycles. The minimum absolute atomic E-state index is 0.578. The Bertz CT molecular complexity index is 873. The highest BCUT2D eigenvalue weighted by molar-refractivity contribution is 6.39. The maximum atomic E-state index is 6.46. The Kier molecular flexibility index (Phi) is 7.54. The van der Waals surface area contributed by atoms with Gasteiger partial charge in [-0.3, -0.25) is 0 Å². The van der Waals surface area contributed by atoms with E-state index in [1.807, 2.05) is 35.2 Å². The summed E-state index contributed by atoms with van der Waals surface area (Å²) in [6.45, 7) is 3.78. The van der Waals surface area contributed by atoms with Crippen LogP contribution in [0.5, 0.6) is 0 Å². The van der Waals surface area contributed by atoms with E-state index in [4.69, 9.17) is 28.2 Å². The van der Waals surface area contributed by atoms with Crippen LogP contribution in [0.3, 0.4) is 0 Å². The molecule has 27 heavy (non-hydrogen) atoms. The second kappa shape index (κ2) is 10.1. The van der Waals surface area contributed by atoms with Crippen molar-refractivity contribution in [2.24, 2.45) is 0 Å². The second-order valence-electron chi connectivity index (χ2n) is 7.13. The Morgan fingerprint density at radius 1 is 0.926 bits per heavy atom. The summed E-state index contributed by atoms with van der Waals surface area (Å²) in [6, 6.07) is 12.3. The van der Waals surface area contributed by atoms with Crippen LogP contribution in [-0.2, 0) is 13.1 Å². The summed E-state index contributed by atoms with van der Waals surface area (Å²) in [5.74, 6) is 0. The van der Waals surface area contributed by atoms with Gasteiger partial charge in [0.25, 0.3) is 10.3 Å². The van der Waals surface area contributed by atoms with Crippen LogP contribution >= 0.6 is 23.2 Å². The molecule has 0 bridgehead atoms. The van der Waals surface area contributed by atoms with Crippen LogP contribution in [0, 0.1) is 0 Å². The number of rotatable bonds is 10. The van der Waals surface area contributed by atoms with Gasteiger partial charge in [-0.05, 0) is 48.2 Å². The highest BCUT2D eigenvalue weighted by Crippen LogP contribution is 2.20. The van der Waals surface area contributed by atoms with Gasteiger partial charge in [-0.25, -0.2) is 14.1 Å². The molecule has 144 valence electrons. The van der Waals surface area contributed by atoms with Crippen molar-refractivity contribution in [1.82, 2.24) is 9.55 Å². The minimum atomic E-state index is 0.578. The first-order chi connectivity index (χ1) is 13.2. The number of imidazole rings is 1. The predicted octanol–water partition coefficient (Wildman–Crippen LogP) is 6.43. The normalized spacial score (nSPS) is 11.4. The molecule has 0 unspecified atom stereocenters. The molecule has 0 aliphatic carbocycles. The number of benzene rings is 1. The maximum absolute atomic E-state index is 6.46. The van der Waals surface area contributed by atoms with Crippen LogP contribution in [0.4, 0.5) is 0 Å². The Morgan fingerprint density at radius 2 is 1.67 bits per heavy atom. The standard InChI is InChI=1S/C22H28Cl2N3/c1-2-3-4-5-6-7-10-15-26-17-27(22(24)21(26)23)16-19-14-13-18-11-8-9-12-20(18)25-19/h8-9,11-14,17H,2-7,10,15-16H2,1H3/q+1. The Balaban J connectivity index is 1.58. The first-order valence-electron chi connectivity index (χ1n) is 9.97. The van der Waals surface area contributed by atoms with E-state index >= 15 is 0 Å². The van der Waals surface area contributed by atoms with Crippen LogP contribution in [-0.4, -0.2) is 9.55 Å². The molecule has 0 amide bonds. The van der Waals surface area contributed by atoms with Crippen molar-refractivity contribution in [1.29, 1.82) is 0 Å². The number of nitrogens with zero attached hydrogens (tertiary/aromatic N) is 3. The van der Waals surface area contributed by atoms with Gasteiger partial charge in [0.1, 0.15) is 6.54 Å². The van der Waals surface area contributed by atoms with Gasteiger partial charge in [0, 0.05) is 5.39 Å². The molecule has 3 nitrogen and oxygen atoms in total. The number of pyridine rings is 1. The number of halogens is 2. The molecular weight excluding hydrogens is 377 g/mol. The smallest absolute Gasteiger partial charge is 0.249 e. The molecule has 0 spiro atoms. The molecule has 0 N–H and O–H groups in total. The fourth-order valence-electron chi connectivity index (χ4n) is 3.38. The number of unbranched alkanes of at least 4 members (excludes halogenated alkanes) is 6. The van der Waals surface area contributed by atoms with Gasteiger partial charge in [-0.1, -0.05) is 63.3 Å². The molecule has 3 rings (SSSR count). The molecule has 0 fully saturated rings. The lowest BCUT2D eigenvalue weighted by Gasteiger charge is -2.01. The number of aryl methyl sites for hydroxylation is 1. The van der Waals surface area contributed by atoms with E-state index in [0.717, 1.165) is 29.6 Å². The van der Waals surface area contributed by atoms with E-state index in [9.17, 15) is 0 Å². The largest absolute Gasteiger partial charge is 0.255 e. The van der Waals surface area contributed by atoms with Crippen molar-refractivity contribution in [3.63, 3.8) is 0 Å². The molecule has 0 saturated carbocycles. The van der Waals surface area contributed by atoms with Crippen LogP contribution < -0.4 is 4.57 Å². The van der Waals surface area contributed by atoms with Gasteiger partial charge in [0.2, 0.25) is 6.33 Å². The van der Waals surface area contributed by atoms with Crippen LogP contribution in [0.25, 0.3) is 10.9 Å². The van der Waals surface area contributed by atoms with E-state index in [-0.39, 0.29) is 0 Å². The Labute approximate surface area is 171 Å². The SMILES string of the molecule is CCCCCCCCCn1c[n+](Cc2ccc3ccccc3n2)c(Cl)c1Cl. The van der Waals surface area contributed by atoms with Crippen molar-refractivity contribution in [2.45, 2.75) is 65.0 Å². The highest BCUT2D eigenvalue weighted by Gasteiger charge is 2.20. The number of para-hydroxylation sites is 1. The molecule has 5 heteroatoms. The summed E-state index contributed by atoms with van der Waals surface area (Å²) in [4.78, 5) is 4.73. The van der Waals surface area contributed by atoms with E-state index in [2.05, 4.69) is 23.6 Å². The van der Waals surface area contributed by atoms with Crippen molar-refractivity contribution >= 4 is 34.1 Å². The summed E-state index contributed by atoms with van der Waals surface area (Å²) >= 11 is 12.9. The third kappa shape index (κ3) is 5.46. The fraction of sp³-hybridized carbons (Fsp3) is 0.455. The number of hydrogen-bond donors (Lipinski definition) is 0. The molecule has 0 atom stereocenters. The molecule has 0 aliphatic rings. The maximum Gasteiger partial charge on any atom is 0.255 e. The van der Waals surface area contributed by atoms with E-state index < -0.39 is 0 Å². The van der Waals surface area contributed by atoms with Crippen molar-refractivity contribution < 1.29 is 4.57 Å². The molecule has 1 aromatic carbocycles. The topological polar surface area (TPSA) is 21.7 Å². The number of hydrogen-bond acceptors (Lipinski definition) is 1. The number of fused-ring (bicyclic) bond motifs is 1. The average molecular weight is 405 g/mol. The molecule has 0 radical (unpaired) electrons. The van der Waals surface area contributed by atoms with Crippen molar-refractivity contribution in [2.75, 3.05) is 0 Å². The molecule has 0 aliphatic heterocycles. The number of aromatic nitrogens is 3. The van der Waals surface area contributed by atoms with Crippen LogP contribution in [0.15, 0.2) is 42.7 Å². The Hall–Kier alpha value is -1.58. The monoisotopic (exact) mass is 404 g/mol. The van der Waals surface area contributed by atoms with Gasteiger partial charge in [0.05, 0.1) is 17.8 Å². The first kappa shape index (κ1) is 20.2. The summed E-state index contributed by atoms with van der Waals surface area (Å²) < 4.78 is 4.03. The average Bonchev–Trinajstić information content (AvgIpc) is 2.95. The summed E-state index contributed by atoms with van der Waals surface area (Å²) in [7, 11) is 0. The third-order valence-electron chi connectivity index (χ3n) is 4.94. The summed E-state index contributed by atoms with van der Waals surface area (Å²) in [5.41, 5.74) is 1.98. The Morgan fingerprint density at radius 3 is 2.48 bits per heavy atom. The van der Waals surface area contributed by atoms with Gasteiger partial charge < -0.3 is 0 Å². The molecule has 2 aromatic heterocycles. The first-order valence-corrected chi connectivity index (χ1v) is 10.7. The lowest BCUT2D eigenvalue weighted by Crippen LogP contribution is -2.33. The summed E-state index contributed by atoms with van der Waals surface area (Å²) in [5, 5.41) is 2.34. The quantitative estimate of drug-likeness (QED) is 0.281. The van der Waals surface area contributed by atoms with E-state index in [0.29, 0.717) is 16.9 Å². The van der Waals surface area contributed by atoms with E-state index in [1.165, 1.54) is 38.5 Å². The van der Waals surface area contributed by atoms with Crippen LogP contribution in [0.1, 0.15) is 57.6 Å². The van der Waals surface area contributed by atoms with Gasteiger partial charge in [0.15, 0.2) is 0 Å². The molecular formula is C22H28Cl2N3+. The van der Waals surface area contributed by atoms with Gasteiger partial charge in [-0.2, -0.15) is 0 Å². The minimum Gasteiger partial charge on any atom is -0.249 e. The van der Waals surface area contributed by atoms with Crippen LogP contribution in [0.2, 0.25) is 10.3 Å². The lowest BCUT2D eigenvalue weighted by atomic mass is 10.1. The molecule has 0 saturated heterocycles.